The monoisotopic (exact) mass is 356 g/mol. The average Bonchev–Trinajstić information content (AvgIpc) is 2.49. The van der Waals surface area contributed by atoms with E-state index >= 15 is 0 Å². The van der Waals surface area contributed by atoms with E-state index in [2.05, 4.69) is 5.09 Å². The molecule has 1 atom stereocenters. The van der Waals surface area contributed by atoms with Crippen LogP contribution in [-0.4, -0.2) is 18.3 Å². The number of nitrogens with zero attached hydrogens (tertiary/aromatic N) is 1. The summed E-state index contributed by atoms with van der Waals surface area (Å²) < 4.78 is 6.93. The molecule has 1 unspecified atom stereocenters. The number of hydrogen-bond donors (Lipinski definition) is 1. The number of aryl methyl sites for hydroxylation is 1. The maximum Gasteiger partial charge on any atom is 0.330 e. The molecule has 0 saturated carbocycles. The van der Waals surface area contributed by atoms with Gasteiger partial charge in [-0.15, -0.1) is 21.4 Å². The van der Waals surface area contributed by atoms with Gasteiger partial charge in [0.25, 0.3) is 5.91 Å². The number of rotatable bonds is 6. The number of carbonyl (C=O) groups excluding carboxylic acids is 1. The molecular weight excluding hydrogens is 335 g/mol. The van der Waals surface area contributed by atoms with Gasteiger partial charge >= 0.3 is 8.02 Å². The Hall–Kier alpha value is -1.13. The lowest BCUT2D eigenvalue weighted by molar-refractivity contribution is -0.195. The molecule has 0 aliphatic carbocycles. The van der Waals surface area contributed by atoms with E-state index in [9.17, 15) is 9.69 Å². The van der Waals surface area contributed by atoms with Crippen molar-refractivity contribution >= 4 is 31.2 Å². The molecule has 1 N–H and O–H groups in total. The molecule has 23 heavy (non-hydrogen) atoms. The van der Waals surface area contributed by atoms with Crippen molar-refractivity contribution in [3.63, 3.8) is 0 Å². The van der Waals surface area contributed by atoms with E-state index < -0.39 is 8.02 Å². The first-order valence-corrected chi connectivity index (χ1v) is 9.76. The quantitative estimate of drug-likeness (QED) is 0.627. The van der Waals surface area contributed by atoms with Crippen LogP contribution in [0.1, 0.15) is 32.3 Å². The molecule has 0 spiro atoms. The van der Waals surface area contributed by atoms with Gasteiger partial charge < -0.3 is 9.42 Å². The van der Waals surface area contributed by atoms with Gasteiger partial charge in [-0.25, -0.2) is 0 Å². The highest BCUT2D eigenvalue weighted by Crippen LogP contribution is 2.58. The second-order valence-corrected chi connectivity index (χ2v) is 7.72. The smallest absolute Gasteiger partial charge is 0.330 e. The first-order chi connectivity index (χ1) is 10.9. The third-order valence-electron chi connectivity index (χ3n) is 3.60. The molecule has 1 amide bonds. The molecule has 5 nitrogen and oxygen atoms in total. The highest BCUT2D eigenvalue weighted by molar-refractivity contribution is 7.65. The molecule has 1 aliphatic rings. The van der Waals surface area contributed by atoms with Crippen molar-refractivity contribution in [1.82, 2.24) is 5.09 Å². The minimum Gasteiger partial charge on any atom is -0.614 e. The normalized spacial score (nSPS) is 21.6. The van der Waals surface area contributed by atoms with Crippen LogP contribution < -0.4 is 14.7 Å². The molecular formula is C16H22ClN2O3P. The maximum absolute atomic E-state index is 13.2. The van der Waals surface area contributed by atoms with Gasteiger partial charge in [0.15, 0.2) is 5.76 Å². The molecule has 0 saturated heterocycles. The molecule has 1 aliphatic heterocycles. The fraction of sp³-hybridized carbons (Fsp3) is 0.438. The van der Waals surface area contributed by atoms with E-state index in [1.165, 1.54) is 4.67 Å². The second kappa shape index (κ2) is 7.63. The van der Waals surface area contributed by atoms with E-state index in [-0.39, 0.29) is 5.91 Å². The minimum absolute atomic E-state index is 0.285. The molecule has 0 aromatic heterocycles. The number of allylic oxidation sites excluding steroid dienone is 1. The van der Waals surface area contributed by atoms with Crippen molar-refractivity contribution in [2.75, 3.05) is 17.1 Å². The van der Waals surface area contributed by atoms with E-state index in [0.29, 0.717) is 42.3 Å². The predicted octanol–water partition coefficient (Wildman–Crippen LogP) is 3.30. The first kappa shape index (κ1) is 18.2. The minimum atomic E-state index is -3.50. The summed E-state index contributed by atoms with van der Waals surface area (Å²) in [6.07, 6.45) is 1.17. The van der Waals surface area contributed by atoms with Crippen molar-refractivity contribution < 1.29 is 14.2 Å². The van der Waals surface area contributed by atoms with Crippen molar-refractivity contribution in [3.8, 4) is 0 Å². The average molecular weight is 357 g/mol. The molecule has 1 aromatic rings. The molecule has 0 radical (unpaired) electrons. The molecule has 2 rings (SSSR count). The van der Waals surface area contributed by atoms with E-state index in [1.54, 1.807) is 19.1 Å². The highest BCUT2D eigenvalue weighted by Gasteiger charge is 2.48. The second-order valence-electron chi connectivity index (χ2n) is 5.40. The van der Waals surface area contributed by atoms with Crippen LogP contribution in [0, 0.1) is 6.92 Å². The lowest BCUT2D eigenvalue weighted by atomic mass is 10.1. The van der Waals surface area contributed by atoms with Gasteiger partial charge in [-0.3, -0.25) is 4.79 Å². The Morgan fingerprint density at radius 2 is 1.96 bits per heavy atom. The standard InChI is InChI=1S/C16H22ClN2O3P/c1-4-18-23(21)19(14-9-7-12(2)8-10-14)16(20)15(6-5-11-17)13(3)22-23/h7-10H,4-6,11H2,1-3H3,(H,18,21). The van der Waals surface area contributed by atoms with Crippen LogP contribution in [0.4, 0.5) is 5.69 Å². The summed E-state index contributed by atoms with van der Waals surface area (Å²) in [5.74, 6) is 0.583. The van der Waals surface area contributed by atoms with E-state index in [1.807, 2.05) is 26.0 Å². The van der Waals surface area contributed by atoms with Gasteiger partial charge in [0.1, 0.15) is 0 Å². The Balaban J connectivity index is 2.45. The van der Waals surface area contributed by atoms with Gasteiger partial charge in [-0.1, -0.05) is 17.7 Å². The summed E-state index contributed by atoms with van der Waals surface area (Å²) in [6, 6.07) is 7.31. The summed E-state index contributed by atoms with van der Waals surface area (Å²) in [5, 5.41) is 2.84. The van der Waals surface area contributed by atoms with Crippen molar-refractivity contribution in [1.29, 1.82) is 0 Å². The fourth-order valence-electron chi connectivity index (χ4n) is 2.46. The molecule has 7 heteroatoms. The summed E-state index contributed by atoms with van der Waals surface area (Å²) in [6.45, 7) is 5.89. The van der Waals surface area contributed by atoms with Crippen LogP contribution in [-0.2, 0) is 9.32 Å². The number of carbonyl (C=O) groups is 1. The number of amides is 1. The van der Waals surface area contributed by atoms with Crippen molar-refractivity contribution in [2.24, 2.45) is 0 Å². The van der Waals surface area contributed by atoms with Crippen LogP contribution in [0.25, 0.3) is 0 Å². The predicted molar refractivity (Wildman–Crippen MR) is 93.0 cm³/mol. The zero-order valence-electron chi connectivity index (χ0n) is 13.6. The van der Waals surface area contributed by atoms with E-state index in [4.69, 9.17) is 16.1 Å². The van der Waals surface area contributed by atoms with Gasteiger partial charge in [0.05, 0.1) is 11.3 Å². The molecule has 0 fully saturated rings. The number of alkyl halides is 1. The Morgan fingerprint density at radius 3 is 2.52 bits per heavy atom. The SMILES string of the molecule is CCN[P+]1([O-])OC(C)=C(CCCCl)C(=O)N1c1ccc(C)cc1. The zero-order chi connectivity index (χ0) is 17.0. The molecule has 126 valence electrons. The Labute approximate surface area is 142 Å². The van der Waals surface area contributed by atoms with Gasteiger partial charge in [-0.05, 0) is 45.7 Å². The zero-order valence-corrected chi connectivity index (χ0v) is 15.3. The third kappa shape index (κ3) is 3.86. The summed E-state index contributed by atoms with van der Waals surface area (Å²) in [7, 11) is -3.50. The highest BCUT2D eigenvalue weighted by atomic mass is 35.5. The van der Waals surface area contributed by atoms with Crippen molar-refractivity contribution in [3.05, 3.63) is 41.2 Å². The van der Waals surface area contributed by atoms with Crippen molar-refractivity contribution in [2.45, 2.75) is 33.6 Å². The number of nitrogens with one attached hydrogen (secondary N) is 1. The largest absolute Gasteiger partial charge is 0.614 e. The fourth-order valence-corrected chi connectivity index (χ4v) is 4.56. The van der Waals surface area contributed by atoms with E-state index in [0.717, 1.165) is 5.56 Å². The lowest BCUT2D eigenvalue weighted by Gasteiger charge is -2.40. The lowest BCUT2D eigenvalue weighted by Crippen LogP contribution is -2.47. The van der Waals surface area contributed by atoms with Crippen LogP contribution in [0.5, 0.6) is 0 Å². The Kier molecular flexibility index (Phi) is 6.04. The summed E-state index contributed by atoms with van der Waals surface area (Å²) in [4.78, 5) is 26.2. The Bertz CT molecular complexity index is 606. The van der Waals surface area contributed by atoms with Crippen LogP contribution in [0.15, 0.2) is 35.6 Å². The number of hydrogen-bond acceptors (Lipinski definition) is 4. The van der Waals surface area contributed by atoms with Crippen LogP contribution in [0.3, 0.4) is 0 Å². The van der Waals surface area contributed by atoms with Gasteiger partial charge in [0.2, 0.25) is 0 Å². The van der Waals surface area contributed by atoms with Gasteiger partial charge in [0, 0.05) is 12.4 Å². The summed E-state index contributed by atoms with van der Waals surface area (Å²) >= 11 is 5.74. The van der Waals surface area contributed by atoms with Crippen LogP contribution >= 0.6 is 19.6 Å². The Morgan fingerprint density at radius 1 is 1.30 bits per heavy atom. The molecule has 1 heterocycles. The molecule has 1 aromatic carbocycles. The summed E-state index contributed by atoms with van der Waals surface area (Å²) in [5.41, 5.74) is 2.14. The van der Waals surface area contributed by atoms with Crippen LogP contribution in [0.2, 0.25) is 0 Å². The number of benzene rings is 1. The molecule has 0 bridgehead atoms. The van der Waals surface area contributed by atoms with Gasteiger partial charge in [-0.2, -0.15) is 0 Å². The third-order valence-corrected chi connectivity index (χ3v) is 6.04. The first-order valence-electron chi connectivity index (χ1n) is 7.65. The number of anilines is 1. The topological polar surface area (TPSA) is 64.6 Å². The maximum atomic E-state index is 13.2. The number of halogens is 1.